The molecule has 0 radical (unpaired) electrons. The van der Waals surface area contributed by atoms with Crippen molar-refractivity contribution in [2.45, 2.75) is 9.92 Å². The number of halogens is 1. The van der Waals surface area contributed by atoms with Gasteiger partial charge in [0.05, 0.1) is 0 Å². The van der Waals surface area contributed by atoms with Crippen molar-refractivity contribution in [2.24, 2.45) is 0 Å². The van der Waals surface area contributed by atoms with Crippen molar-refractivity contribution in [1.82, 2.24) is 9.97 Å². The third-order valence-electron chi connectivity index (χ3n) is 1.74. The normalized spacial score (nSPS) is 10.2. The highest BCUT2D eigenvalue weighted by atomic mass is 32.2. The van der Waals surface area contributed by atoms with Crippen LogP contribution in [-0.4, -0.2) is 9.97 Å². The Morgan fingerprint density at radius 2 is 2.13 bits per heavy atom. The van der Waals surface area contributed by atoms with Gasteiger partial charge in [0.1, 0.15) is 17.2 Å². The third kappa shape index (κ3) is 2.44. The van der Waals surface area contributed by atoms with Gasteiger partial charge >= 0.3 is 0 Å². The molecule has 0 fully saturated rings. The molecule has 1 heterocycles. The molecule has 2 N–H and O–H groups in total. The Labute approximate surface area is 90.6 Å². The Morgan fingerprint density at radius 3 is 2.87 bits per heavy atom. The molecule has 0 amide bonds. The van der Waals surface area contributed by atoms with E-state index in [-0.39, 0.29) is 5.82 Å². The summed E-state index contributed by atoms with van der Waals surface area (Å²) in [5.74, 6) is -0.305. The van der Waals surface area contributed by atoms with Crippen LogP contribution in [0.1, 0.15) is 0 Å². The van der Waals surface area contributed by atoms with E-state index in [0.717, 1.165) is 5.03 Å². The van der Waals surface area contributed by atoms with E-state index in [2.05, 4.69) is 9.97 Å². The van der Waals surface area contributed by atoms with Crippen molar-refractivity contribution >= 4 is 17.4 Å². The molecule has 3 nitrogen and oxygen atoms in total. The Kier molecular flexibility index (Phi) is 2.82. The summed E-state index contributed by atoms with van der Waals surface area (Å²) in [5, 5.41) is 0.738. The molecule has 1 aromatic carbocycles. The number of hydrogen-bond acceptors (Lipinski definition) is 4. The fourth-order valence-electron chi connectivity index (χ4n) is 1.05. The van der Waals surface area contributed by atoms with E-state index in [1.54, 1.807) is 18.3 Å². The molecule has 0 spiro atoms. The van der Waals surface area contributed by atoms with Crippen molar-refractivity contribution in [2.75, 3.05) is 5.73 Å². The van der Waals surface area contributed by atoms with Gasteiger partial charge in [-0.3, -0.25) is 0 Å². The van der Waals surface area contributed by atoms with Gasteiger partial charge in [-0.15, -0.1) is 0 Å². The summed E-state index contributed by atoms with van der Waals surface area (Å²) in [7, 11) is 0. The number of rotatable bonds is 2. The first kappa shape index (κ1) is 9.92. The average molecular weight is 221 g/mol. The Bertz CT molecular complexity index is 461. The van der Waals surface area contributed by atoms with Gasteiger partial charge in [-0.25, -0.2) is 14.4 Å². The van der Waals surface area contributed by atoms with Gasteiger partial charge in [0, 0.05) is 16.8 Å². The molecule has 0 saturated carbocycles. The number of aromatic nitrogens is 2. The molecule has 0 atom stereocenters. The lowest BCUT2D eigenvalue weighted by Crippen LogP contribution is -1.90. The van der Waals surface area contributed by atoms with Crippen LogP contribution >= 0.6 is 11.8 Å². The summed E-state index contributed by atoms with van der Waals surface area (Å²) >= 11 is 1.31. The highest BCUT2D eigenvalue weighted by Gasteiger charge is 2.03. The largest absolute Gasteiger partial charge is 0.398 e. The van der Waals surface area contributed by atoms with Crippen molar-refractivity contribution in [1.29, 1.82) is 0 Å². The maximum Gasteiger partial charge on any atom is 0.124 e. The number of hydrogen-bond donors (Lipinski definition) is 1. The van der Waals surface area contributed by atoms with Crippen LogP contribution in [0.5, 0.6) is 0 Å². The lowest BCUT2D eigenvalue weighted by molar-refractivity contribution is 0.624. The van der Waals surface area contributed by atoms with Crippen molar-refractivity contribution in [3.05, 3.63) is 42.6 Å². The second-order valence-corrected chi connectivity index (χ2v) is 3.89. The van der Waals surface area contributed by atoms with E-state index in [9.17, 15) is 4.39 Å². The maximum absolute atomic E-state index is 12.9. The SMILES string of the molecule is Nc1ccc(F)cc1Sc1ccncn1. The molecule has 0 aliphatic rings. The van der Waals surface area contributed by atoms with E-state index in [1.807, 2.05) is 0 Å². The van der Waals surface area contributed by atoms with Crippen LogP contribution < -0.4 is 5.73 Å². The summed E-state index contributed by atoms with van der Waals surface area (Å²) in [6.07, 6.45) is 3.07. The molecule has 5 heteroatoms. The zero-order valence-corrected chi connectivity index (χ0v) is 8.54. The Hall–Kier alpha value is -1.62. The summed E-state index contributed by atoms with van der Waals surface area (Å²) in [4.78, 5) is 8.48. The molecule has 76 valence electrons. The first-order chi connectivity index (χ1) is 7.25. The lowest BCUT2D eigenvalue weighted by atomic mass is 10.3. The zero-order valence-electron chi connectivity index (χ0n) is 7.72. The molecule has 2 rings (SSSR count). The topological polar surface area (TPSA) is 51.8 Å². The first-order valence-electron chi connectivity index (χ1n) is 4.24. The fourth-order valence-corrected chi connectivity index (χ4v) is 1.86. The number of nitrogens with zero attached hydrogens (tertiary/aromatic N) is 2. The fraction of sp³-hybridized carbons (Fsp3) is 0. The highest BCUT2D eigenvalue weighted by Crippen LogP contribution is 2.30. The molecule has 1 aromatic heterocycles. The second kappa shape index (κ2) is 4.27. The molecular weight excluding hydrogens is 213 g/mol. The van der Waals surface area contributed by atoms with Crippen LogP contribution in [0, 0.1) is 5.82 Å². The van der Waals surface area contributed by atoms with Gasteiger partial charge in [0.25, 0.3) is 0 Å². The van der Waals surface area contributed by atoms with Gasteiger partial charge in [-0.2, -0.15) is 0 Å². The monoisotopic (exact) mass is 221 g/mol. The Balaban J connectivity index is 2.28. The van der Waals surface area contributed by atoms with Crippen LogP contribution in [0.25, 0.3) is 0 Å². The summed E-state index contributed by atoms with van der Waals surface area (Å²) in [6, 6.07) is 6.01. The van der Waals surface area contributed by atoms with Crippen LogP contribution in [-0.2, 0) is 0 Å². The standard InChI is InChI=1S/C10H8FN3S/c11-7-1-2-8(12)9(5-7)15-10-3-4-13-6-14-10/h1-6H,12H2. The maximum atomic E-state index is 12.9. The molecule has 0 unspecified atom stereocenters. The Morgan fingerprint density at radius 1 is 1.27 bits per heavy atom. The van der Waals surface area contributed by atoms with Crippen LogP contribution in [0.4, 0.5) is 10.1 Å². The van der Waals surface area contributed by atoms with E-state index in [1.165, 1.54) is 30.2 Å². The summed E-state index contributed by atoms with van der Waals surface area (Å²) < 4.78 is 12.9. The summed E-state index contributed by atoms with van der Waals surface area (Å²) in [6.45, 7) is 0. The minimum atomic E-state index is -0.305. The molecule has 0 aliphatic heterocycles. The molecule has 0 aliphatic carbocycles. The molecule has 2 aromatic rings. The van der Waals surface area contributed by atoms with Crippen molar-refractivity contribution in [3.8, 4) is 0 Å². The predicted octanol–water partition coefficient (Wildman–Crippen LogP) is 2.35. The van der Waals surface area contributed by atoms with E-state index in [4.69, 9.17) is 5.73 Å². The average Bonchev–Trinajstić information content (AvgIpc) is 2.25. The second-order valence-electron chi connectivity index (χ2n) is 2.83. The van der Waals surface area contributed by atoms with Crippen LogP contribution in [0.2, 0.25) is 0 Å². The van der Waals surface area contributed by atoms with Gasteiger partial charge in [-0.05, 0) is 24.3 Å². The zero-order chi connectivity index (χ0) is 10.7. The molecule has 15 heavy (non-hydrogen) atoms. The van der Waals surface area contributed by atoms with E-state index in [0.29, 0.717) is 10.6 Å². The smallest absolute Gasteiger partial charge is 0.124 e. The van der Waals surface area contributed by atoms with E-state index < -0.39 is 0 Å². The molecule has 0 saturated heterocycles. The predicted molar refractivity (Wildman–Crippen MR) is 57.0 cm³/mol. The lowest BCUT2D eigenvalue weighted by Gasteiger charge is -2.03. The van der Waals surface area contributed by atoms with E-state index >= 15 is 0 Å². The third-order valence-corrected chi connectivity index (χ3v) is 2.77. The molecule has 0 bridgehead atoms. The number of nitrogen functional groups attached to an aromatic ring is 1. The number of benzene rings is 1. The van der Waals surface area contributed by atoms with Gasteiger partial charge in [-0.1, -0.05) is 11.8 Å². The van der Waals surface area contributed by atoms with Gasteiger partial charge in [0.2, 0.25) is 0 Å². The first-order valence-corrected chi connectivity index (χ1v) is 5.06. The van der Waals surface area contributed by atoms with Crippen molar-refractivity contribution < 1.29 is 4.39 Å². The van der Waals surface area contributed by atoms with Gasteiger partial charge < -0.3 is 5.73 Å². The minimum Gasteiger partial charge on any atom is -0.398 e. The number of nitrogens with two attached hydrogens (primary N) is 1. The number of anilines is 1. The van der Waals surface area contributed by atoms with Gasteiger partial charge in [0.15, 0.2) is 0 Å². The minimum absolute atomic E-state index is 0.305. The van der Waals surface area contributed by atoms with Crippen molar-refractivity contribution in [3.63, 3.8) is 0 Å². The quantitative estimate of drug-likeness (QED) is 0.624. The summed E-state index contributed by atoms with van der Waals surface area (Å²) in [5.41, 5.74) is 6.25. The van der Waals surface area contributed by atoms with Crippen LogP contribution in [0.15, 0.2) is 46.7 Å². The molecular formula is C10H8FN3S. The highest BCUT2D eigenvalue weighted by molar-refractivity contribution is 7.99. The van der Waals surface area contributed by atoms with Crippen LogP contribution in [0.3, 0.4) is 0 Å².